The molecule has 0 radical (unpaired) electrons. The summed E-state index contributed by atoms with van der Waals surface area (Å²) >= 11 is 0. The van der Waals surface area contributed by atoms with Gasteiger partial charge in [0.1, 0.15) is 0 Å². The number of nitrogens with two attached hydrogens (primary N) is 1. The van der Waals surface area contributed by atoms with Gasteiger partial charge in [0.15, 0.2) is 6.29 Å². The molecule has 2 unspecified atom stereocenters. The van der Waals surface area contributed by atoms with Crippen molar-refractivity contribution in [3.05, 3.63) is 29.8 Å². The van der Waals surface area contributed by atoms with Crippen molar-refractivity contribution in [1.82, 2.24) is 0 Å². The lowest BCUT2D eigenvalue weighted by atomic mass is 9.85. The first kappa shape index (κ1) is 14.5. The van der Waals surface area contributed by atoms with Crippen molar-refractivity contribution in [3.63, 3.8) is 0 Å². The predicted octanol–water partition coefficient (Wildman–Crippen LogP) is 2.19. The summed E-state index contributed by atoms with van der Waals surface area (Å²) in [6.45, 7) is 1.26. The largest absolute Gasteiger partial charge is 0.346 e. The predicted molar refractivity (Wildman–Crippen MR) is 79.7 cm³/mol. The molecule has 114 valence electrons. The molecular formula is C16H22N2O3. The minimum Gasteiger partial charge on any atom is -0.346 e. The molecule has 3 rings (SSSR count). The maximum Gasteiger partial charge on any atom is 0.227 e. The van der Waals surface area contributed by atoms with Crippen LogP contribution in [0.2, 0.25) is 0 Å². The Morgan fingerprint density at radius 1 is 1.14 bits per heavy atom. The second-order valence-corrected chi connectivity index (χ2v) is 5.81. The molecule has 1 heterocycles. The van der Waals surface area contributed by atoms with Crippen LogP contribution in [-0.2, 0) is 14.3 Å². The van der Waals surface area contributed by atoms with E-state index in [9.17, 15) is 4.79 Å². The highest BCUT2D eigenvalue weighted by Gasteiger charge is 2.25. The van der Waals surface area contributed by atoms with Crippen LogP contribution >= 0.6 is 0 Å². The number of rotatable bonds is 3. The van der Waals surface area contributed by atoms with Crippen LogP contribution in [0, 0.1) is 5.92 Å². The van der Waals surface area contributed by atoms with Gasteiger partial charge in [0.25, 0.3) is 0 Å². The summed E-state index contributed by atoms with van der Waals surface area (Å²) in [5.74, 6) is 0.112. The van der Waals surface area contributed by atoms with Crippen molar-refractivity contribution in [3.8, 4) is 0 Å². The zero-order chi connectivity index (χ0) is 14.7. The van der Waals surface area contributed by atoms with E-state index < -0.39 is 0 Å². The fourth-order valence-corrected chi connectivity index (χ4v) is 2.98. The fraction of sp³-hybridized carbons (Fsp3) is 0.562. The molecule has 1 saturated heterocycles. The summed E-state index contributed by atoms with van der Waals surface area (Å²) in [5, 5.41) is 2.97. The molecule has 1 amide bonds. The molecule has 1 aromatic rings. The standard InChI is InChI=1S/C16H22N2O3/c17-13-3-1-2-12(10-13)15(19)18-14-6-4-11(5-7-14)16-20-8-9-21-16/h4-7,12-13,16H,1-3,8-10,17H2,(H,18,19). The van der Waals surface area contributed by atoms with Gasteiger partial charge >= 0.3 is 0 Å². The summed E-state index contributed by atoms with van der Waals surface area (Å²) in [6.07, 6.45) is 3.51. The highest BCUT2D eigenvalue weighted by atomic mass is 16.7. The van der Waals surface area contributed by atoms with E-state index in [4.69, 9.17) is 15.2 Å². The molecule has 0 aromatic heterocycles. The summed E-state index contributed by atoms with van der Waals surface area (Å²) in [5.41, 5.74) is 7.72. The quantitative estimate of drug-likeness (QED) is 0.895. The van der Waals surface area contributed by atoms with Crippen molar-refractivity contribution in [1.29, 1.82) is 0 Å². The Morgan fingerprint density at radius 2 is 1.86 bits per heavy atom. The van der Waals surface area contributed by atoms with E-state index in [2.05, 4.69) is 5.32 Å². The Hall–Kier alpha value is -1.43. The number of benzene rings is 1. The Morgan fingerprint density at radius 3 is 2.52 bits per heavy atom. The number of nitrogens with one attached hydrogen (secondary N) is 1. The Labute approximate surface area is 124 Å². The van der Waals surface area contributed by atoms with Crippen LogP contribution in [-0.4, -0.2) is 25.2 Å². The number of carbonyl (C=O) groups excluding carboxylic acids is 1. The monoisotopic (exact) mass is 290 g/mol. The summed E-state index contributed by atoms with van der Waals surface area (Å²) in [6, 6.07) is 7.80. The molecule has 5 nitrogen and oxygen atoms in total. The SMILES string of the molecule is NC1CCCC(C(=O)Nc2ccc(C3OCCO3)cc2)C1. The maximum atomic E-state index is 12.2. The van der Waals surface area contributed by atoms with E-state index in [1.54, 1.807) is 0 Å². The second kappa shape index (κ2) is 6.56. The number of hydrogen-bond acceptors (Lipinski definition) is 4. The lowest BCUT2D eigenvalue weighted by Gasteiger charge is -2.25. The third-order valence-corrected chi connectivity index (χ3v) is 4.16. The van der Waals surface area contributed by atoms with E-state index in [1.165, 1.54) is 0 Å². The molecule has 3 N–H and O–H groups in total. The Balaban J connectivity index is 1.58. The zero-order valence-corrected chi connectivity index (χ0v) is 12.1. The van der Waals surface area contributed by atoms with Crippen molar-refractivity contribution < 1.29 is 14.3 Å². The van der Waals surface area contributed by atoms with Crippen LogP contribution in [0.1, 0.15) is 37.5 Å². The van der Waals surface area contributed by atoms with Crippen molar-refractivity contribution >= 4 is 11.6 Å². The lowest BCUT2D eigenvalue weighted by Crippen LogP contribution is -2.34. The molecule has 0 bridgehead atoms. The first-order valence-corrected chi connectivity index (χ1v) is 7.62. The smallest absolute Gasteiger partial charge is 0.227 e. The summed E-state index contributed by atoms with van der Waals surface area (Å²) in [4.78, 5) is 12.2. The normalized spacial score (nSPS) is 26.7. The lowest BCUT2D eigenvalue weighted by molar-refractivity contribution is -0.120. The van der Waals surface area contributed by atoms with Crippen LogP contribution in [0.5, 0.6) is 0 Å². The van der Waals surface area contributed by atoms with E-state index in [-0.39, 0.29) is 24.2 Å². The van der Waals surface area contributed by atoms with Crippen molar-refractivity contribution in [2.75, 3.05) is 18.5 Å². The van der Waals surface area contributed by atoms with Crippen LogP contribution in [0.3, 0.4) is 0 Å². The minimum atomic E-state index is -0.272. The molecule has 5 heteroatoms. The van der Waals surface area contributed by atoms with Crippen LogP contribution < -0.4 is 11.1 Å². The van der Waals surface area contributed by atoms with Gasteiger partial charge in [0, 0.05) is 23.2 Å². The number of ether oxygens (including phenoxy) is 2. The topological polar surface area (TPSA) is 73.6 Å². The van der Waals surface area contributed by atoms with Crippen LogP contribution in [0.25, 0.3) is 0 Å². The minimum absolute atomic E-state index is 0.0370. The third kappa shape index (κ3) is 3.61. The second-order valence-electron chi connectivity index (χ2n) is 5.81. The molecule has 21 heavy (non-hydrogen) atoms. The number of anilines is 1. The molecule has 1 aromatic carbocycles. The number of hydrogen-bond donors (Lipinski definition) is 2. The van der Waals surface area contributed by atoms with Gasteiger partial charge in [-0.25, -0.2) is 0 Å². The molecule has 1 aliphatic heterocycles. The van der Waals surface area contributed by atoms with Gasteiger partial charge in [-0.2, -0.15) is 0 Å². The first-order valence-electron chi connectivity index (χ1n) is 7.62. The van der Waals surface area contributed by atoms with E-state index in [0.717, 1.165) is 36.9 Å². The fourth-order valence-electron chi connectivity index (χ4n) is 2.98. The van der Waals surface area contributed by atoms with Crippen molar-refractivity contribution in [2.45, 2.75) is 38.0 Å². The Bertz CT molecular complexity index is 483. The van der Waals surface area contributed by atoms with E-state index in [1.807, 2.05) is 24.3 Å². The van der Waals surface area contributed by atoms with Gasteiger partial charge in [-0.3, -0.25) is 4.79 Å². The molecular weight excluding hydrogens is 268 g/mol. The zero-order valence-electron chi connectivity index (χ0n) is 12.1. The van der Waals surface area contributed by atoms with E-state index >= 15 is 0 Å². The molecule has 1 saturated carbocycles. The average molecular weight is 290 g/mol. The molecule has 0 spiro atoms. The summed E-state index contributed by atoms with van der Waals surface area (Å²) < 4.78 is 10.9. The van der Waals surface area contributed by atoms with Gasteiger partial charge in [0.2, 0.25) is 5.91 Å². The summed E-state index contributed by atoms with van der Waals surface area (Å²) in [7, 11) is 0. The van der Waals surface area contributed by atoms with Gasteiger partial charge in [0.05, 0.1) is 13.2 Å². The molecule has 2 atom stereocenters. The number of carbonyl (C=O) groups is 1. The van der Waals surface area contributed by atoms with Crippen LogP contribution in [0.15, 0.2) is 24.3 Å². The first-order chi connectivity index (χ1) is 10.2. The van der Waals surface area contributed by atoms with Gasteiger partial charge in [-0.05, 0) is 31.4 Å². The van der Waals surface area contributed by atoms with E-state index in [0.29, 0.717) is 13.2 Å². The Kier molecular flexibility index (Phi) is 4.53. The third-order valence-electron chi connectivity index (χ3n) is 4.16. The highest BCUT2D eigenvalue weighted by molar-refractivity contribution is 5.92. The molecule has 2 fully saturated rings. The van der Waals surface area contributed by atoms with Crippen molar-refractivity contribution in [2.24, 2.45) is 11.7 Å². The number of amides is 1. The average Bonchev–Trinajstić information content (AvgIpc) is 3.02. The maximum absolute atomic E-state index is 12.2. The van der Waals surface area contributed by atoms with Gasteiger partial charge in [-0.15, -0.1) is 0 Å². The highest BCUT2D eigenvalue weighted by Crippen LogP contribution is 2.26. The van der Waals surface area contributed by atoms with Gasteiger partial charge < -0.3 is 20.5 Å². The van der Waals surface area contributed by atoms with Gasteiger partial charge in [-0.1, -0.05) is 18.6 Å². The van der Waals surface area contributed by atoms with Crippen LogP contribution in [0.4, 0.5) is 5.69 Å². The molecule has 2 aliphatic rings. The molecule has 1 aliphatic carbocycles.